The van der Waals surface area contributed by atoms with Gasteiger partial charge in [-0.3, -0.25) is 0 Å². The number of hydrogen-bond donors (Lipinski definition) is 1. The Bertz CT molecular complexity index is 695. The monoisotopic (exact) mass is 274 g/mol. The normalized spacial score (nSPS) is 11.8. The molecule has 0 saturated carbocycles. The Morgan fingerprint density at radius 2 is 1.57 bits per heavy atom. The van der Waals surface area contributed by atoms with Crippen molar-refractivity contribution in [2.45, 2.75) is 6.10 Å². The van der Waals surface area contributed by atoms with Gasteiger partial charge in [-0.2, -0.15) is 0 Å². The Hall–Kier alpha value is -2.74. The van der Waals surface area contributed by atoms with Crippen molar-refractivity contribution in [1.29, 1.82) is 0 Å². The maximum Gasteiger partial charge on any atom is 0.149 e. The van der Waals surface area contributed by atoms with Crippen molar-refractivity contribution in [2.75, 3.05) is 5.73 Å². The molecule has 2 heteroatoms. The van der Waals surface area contributed by atoms with E-state index in [9.17, 15) is 0 Å². The van der Waals surface area contributed by atoms with Crippen molar-refractivity contribution >= 4 is 5.69 Å². The number of rotatable bonds is 4. The SMILES string of the molecule is Nc1cccc(C(Oc2[c]cccc2)c2ccccc2)c1. The Morgan fingerprint density at radius 3 is 2.29 bits per heavy atom. The van der Waals surface area contributed by atoms with Gasteiger partial charge < -0.3 is 10.5 Å². The van der Waals surface area contributed by atoms with Crippen molar-refractivity contribution in [1.82, 2.24) is 0 Å². The topological polar surface area (TPSA) is 35.2 Å². The standard InChI is InChI=1S/C19H16NO/c20-17-11-7-10-16(14-17)19(15-8-3-1-4-9-15)21-18-12-5-2-6-13-18/h1-12,14,19H,20H2. The molecule has 2 N–H and O–H groups in total. The third-order valence-electron chi connectivity index (χ3n) is 3.24. The number of nitrogen functional groups attached to an aromatic ring is 1. The van der Waals surface area contributed by atoms with E-state index in [0.29, 0.717) is 5.75 Å². The predicted octanol–water partition coefficient (Wildman–Crippen LogP) is 4.24. The maximum absolute atomic E-state index is 6.13. The lowest BCUT2D eigenvalue weighted by Crippen LogP contribution is -2.09. The highest BCUT2D eigenvalue weighted by atomic mass is 16.5. The molecule has 0 aliphatic rings. The fourth-order valence-corrected chi connectivity index (χ4v) is 2.26. The van der Waals surface area contributed by atoms with E-state index in [4.69, 9.17) is 10.5 Å². The molecular formula is C19H16NO. The van der Waals surface area contributed by atoms with Gasteiger partial charge in [-0.05, 0) is 29.3 Å². The zero-order chi connectivity index (χ0) is 14.5. The van der Waals surface area contributed by atoms with Gasteiger partial charge in [0.2, 0.25) is 0 Å². The van der Waals surface area contributed by atoms with E-state index in [1.165, 1.54) is 0 Å². The fraction of sp³-hybridized carbons (Fsp3) is 0.0526. The Kier molecular flexibility index (Phi) is 3.88. The Labute approximate surface area is 124 Å². The molecule has 1 radical (unpaired) electrons. The highest BCUT2D eigenvalue weighted by molar-refractivity contribution is 5.44. The maximum atomic E-state index is 6.13. The molecule has 21 heavy (non-hydrogen) atoms. The van der Waals surface area contributed by atoms with Gasteiger partial charge in [0.1, 0.15) is 11.9 Å². The van der Waals surface area contributed by atoms with E-state index in [2.05, 4.69) is 18.2 Å². The molecule has 0 amide bonds. The minimum absolute atomic E-state index is 0.201. The van der Waals surface area contributed by atoms with Crippen LogP contribution in [0.1, 0.15) is 17.2 Å². The lowest BCUT2D eigenvalue weighted by atomic mass is 10.0. The van der Waals surface area contributed by atoms with E-state index in [-0.39, 0.29) is 6.10 Å². The van der Waals surface area contributed by atoms with Gasteiger partial charge in [0, 0.05) is 11.8 Å². The van der Waals surface area contributed by atoms with E-state index in [0.717, 1.165) is 16.8 Å². The zero-order valence-corrected chi connectivity index (χ0v) is 11.6. The van der Waals surface area contributed by atoms with Gasteiger partial charge in [-0.25, -0.2) is 0 Å². The summed E-state index contributed by atoms with van der Waals surface area (Å²) in [4.78, 5) is 0. The molecule has 3 aromatic carbocycles. The van der Waals surface area contributed by atoms with Crippen LogP contribution in [0.5, 0.6) is 5.75 Å². The molecule has 0 spiro atoms. The van der Waals surface area contributed by atoms with Crippen LogP contribution in [0, 0.1) is 6.07 Å². The molecule has 1 atom stereocenters. The summed E-state index contributed by atoms with van der Waals surface area (Å²) in [6.07, 6.45) is -0.201. The van der Waals surface area contributed by atoms with E-state index in [1.54, 1.807) is 0 Å². The molecule has 103 valence electrons. The summed E-state index contributed by atoms with van der Waals surface area (Å²) >= 11 is 0. The van der Waals surface area contributed by atoms with Crippen molar-refractivity contribution in [3.63, 3.8) is 0 Å². The molecule has 0 aliphatic carbocycles. The van der Waals surface area contributed by atoms with Gasteiger partial charge in [-0.1, -0.05) is 60.7 Å². The second-order valence-corrected chi connectivity index (χ2v) is 4.81. The van der Waals surface area contributed by atoms with Gasteiger partial charge >= 0.3 is 0 Å². The van der Waals surface area contributed by atoms with E-state index < -0.39 is 0 Å². The van der Waals surface area contributed by atoms with Gasteiger partial charge in [0.15, 0.2) is 0 Å². The van der Waals surface area contributed by atoms with Crippen molar-refractivity contribution in [2.24, 2.45) is 0 Å². The number of benzene rings is 3. The summed E-state index contributed by atoms with van der Waals surface area (Å²) in [5.41, 5.74) is 8.75. The average molecular weight is 274 g/mol. The Balaban J connectivity index is 1.99. The Morgan fingerprint density at radius 1 is 0.810 bits per heavy atom. The van der Waals surface area contributed by atoms with Crippen LogP contribution in [0.2, 0.25) is 0 Å². The van der Waals surface area contributed by atoms with Gasteiger partial charge in [0.25, 0.3) is 0 Å². The van der Waals surface area contributed by atoms with E-state index >= 15 is 0 Å². The molecule has 0 aliphatic heterocycles. The largest absolute Gasteiger partial charge is 0.480 e. The molecular weight excluding hydrogens is 258 g/mol. The molecule has 1 unspecified atom stereocenters. The van der Waals surface area contributed by atoms with Crippen LogP contribution in [-0.2, 0) is 0 Å². The first-order valence-corrected chi connectivity index (χ1v) is 6.87. The summed E-state index contributed by atoms with van der Waals surface area (Å²) < 4.78 is 6.13. The van der Waals surface area contributed by atoms with Crippen molar-refractivity contribution in [3.05, 3.63) is 96.1 Å². The molecule has 0 saturated heterocycles. The quantitative estimate of drug-likeness (QED) is 0.722. The van der Waals surface area contributed by atoms with Crippen LogP contribution in [0.3, 0.4) is 0 Å². The average Bonchev–Trinajstić information content (AvgIpc) is 2.54. The first-order valence-electron chi connectivity index (χ1n) is 6.87. The second-order valence-electron chi connectivity index (χ2n) is 4.81. The summed E-state index contributed by atoms with van der Waals surface area (Å²) in [6.45, 7) is 0. The highest BCUT2D eigenvalue weighted by Gasteiger charge is 2.16. The van der Waals surface area contributed by atoms with E-state index in [1.807, 2.05) is 66.7 Å². The molecule has 3 rings (SSSR count). The second kappa shape index (κ2) is 6.14. The van der Waals surface area contributed by atoms with Crippen molar-refractivity contribution < 1.29 is 4.74 Å². The minimum Gasteiger partial charge on any atom is -0.480 e. The highest BCUT2D eigenvalue weighted by Crippen LogP contribution is 2.28. The summed E-state index contributed by atoms with van der Waals surface area (Å²) in [5.74, 6) is 0.716. The van der Waals surface area contributed by atoms with Crippen LogP contribution in [-0.4, -0.2) is 0 Å². The summed E-state index contributed by atoms with van der Waals surface area (Å²) in [6, 6.07) is 28.6. The lowest BCUT2D eigenvalue weighted by molar-refractivity contribution is 0.247. The number of anilines is 1. The van der Waals surface area contributed by atoms with Crippen LogP contribution < -0.4 is 10.5 Å². The molecule has 3 aromatic rings. The first kappa shape index (κ1) is 13.3. The smallest absolute Gasteiger partial charge is 0.149 e. The minimum atomic E-state index is -0.201. The number of ether oxygens (including phenoxy) is 1. The van der Waals surface area contributed by atoms with Crippen molar-refractivity contribution in [3.8, 4) is 5.75 Å². The molecule has 0 fully saturated rings. The fourth-order valence-electron chi connectivity index (χ4n) is 2.26. The lowest BCUT2D eigenvalue weighted by Gasteiger charge is -2.20. The number of nitrogens with two attached hydrogens (primary N) is 1. The van der Waals surface area contributed by atoms with Crippen LogP contribution in [0.25, 0.3) is 0 Å². The first-order chi connectivity index (χ1) is 10.3. The van der Waals surface area contributed by atoms with Gasteiger partial charge in [0.05, 0.1) is 0 Å². The third-order valence-corrected chi connectivity index (χ3v) is 3.24. The van der Waals surface area contributed by atoms with Crippen LogP contribution >= 0.6 is 0 Å². The van der Waals surface area contributed by atoms with Gasteiger partial charge in [-0.15, -0.1) is 0 Å². The van der Waals surface area contributed by atoms with Crippen LogP contribution in [0.4, 0.5) is 5.69 Å². The molecule has 0 bridgehead atoms. The number of para-hydroxylation sites is 1. The zero-order valence-electron chi connectivity index (χ0n) is 11.6. The molecule has 2 nitrogen and oxygen atoms in total. The summed E-state index contributed by atoms with van der Waals surface area (Å²) in [7, 11) is 0. The number of hydrogen-bond acceptors (Lipinski definition) is 2. The third kappa shape index (κ3) is 3.23. The molecule has 0 heterocycles. The summed E-state index contributed by atoms with van der Waals surface area (Å²) in [5, 5.41) is 0. The predicted molar refractivity (Wildman–Crippen MR) is 85.0 cm³/mol. The van der Waals surface area contributed by atoms with Crippen LogP contribution in [0.15, 0.2) is 78.9 Å². The molecule has 0 aromatic heterocycles.